The van der Waals surface area contributed by atoms with Crippen molar-refractivity contribution in [1.29, 1.82) is 0 Å². The minimum Gasteiger partial charge on any atom is -0.365 e. The van der Waals surface area contributed by atoms with Crippen LogP contribution in [0.25, 0.3) is 11.4 Å². The van der Waals surface area contributed by atoms with Gasteiger partial charge >= 0.3 is 0 Å². The number of thioether (sulfide) groups is 1. The summed E-state index contributed by atoms with van der Waals surface area (Å²) in [5.41, 5.74) is 0.934. The summed E-state index contributed by atoms with van der Waals surface area (Å²) in [6, 6.07) is 8.11. The van der Waals surface area contributed by atoms with E-state index in [0.717, 1.165) is 31.5 Å². The lowest BCUT2D eigenvalue weighted by Gasteiger charge is -2.31. The molecular formula is C21H27N5O3S. The maximum atomic E-state index is 6.20. The van der Waals surface area contributed by atoms with Crippen LogP contribution in [0.5, 0.6) is 0 Å². The molecule has 3 heterocycles. The molecule has 1 atom stereocenters. The Kier molecular flexibility index (Phi) is 6.38. The SMILES string of the molecule is CSc1ccc(-c2noc([C@@H](C)OC3CCN(c4noc(C(C)C)n4)CC3)n2)cc1. The van der Waals surface area contributed by atoms with E-state index in [2.05, 4.69) is 43.6 Å². The summed E-state index contributed by atoms with van der Waals surface area (Å²) in [6.45, 7) is 7.69. The van der Waals surface area contributed by atoms with Gasteiger partial charge in [0.2, 0.25) is 11.7 Å². The zero-order valence-electron chi connectivity index (χ0n) is 17.7. The second-order valence-corrected chi connectivity index (χ2v) is 8.62. The third-order valence-corrected chi connectivity index (χ3v) is 5.93. The lowest BCUT2D eigenvalue weighted by atomic mass is 10.1. The molecule has 160 valence electrons. The highest BCUT2D eigenvalue weighted by molar-refractivity contribution is 7.98. The summed E-state index contributed by atoms with van der Waals surface area (Å²) < 4.78 is 17.0. The van der Waals surface area contributed by atoms with Crippen molar-refractivity contribution in [2.24, 2.45) is 0 Å². The molecule has 1 fully saturated rings. The molecule has 1 aromatic carbocycles. The summed E-state index contributed by atoms with van der Waals surface area (Å²) in [4.78, 5) is 12.4. The molecule has 8 nitrogen and oxygen atoms in total. The molecule has 2 aromatic heterocycles. The van der Waals surface area contributed by atoms with Gasteiger partial charge in [-0.3, -0.25) is 0 Å². The molecule has 1 saturated heterocycles. The fraction of sp³-hybridized carbons (Fsp3) is 0.524. The van der Waals surface area contributed by atoms with Gasteiger partial charge in [0.1, 0.15) is 6.10 Å². The van der Waals surface area contributed by atoms with Crippen LogP contribution in [0, 0.1) is 0 Å². The zero-order valence-corrected chi connectivity index (χ0v) is 18.6. The van der Waals surface area contributed by atoms with Crippen LogP contribution in [0.1, 0.15) is 57.4 Å². The number of aromatic nitrogens is 4. The van der Waals surface area contributed by atoms with E-state index >= 15 is 0 Å². The van der Waals surface area contributed by atoms with Gasteiger partial charge < -0.3 is 18.7 Å². The number of hydrogen-bond acceptors (Lipinski definition) is 9. The van der Waals surface area contributed by atoms with Crippen molar-refractivity contribution in [3.05, 3.63) is 36.0 Å². The molecular weight excluding hydrogens is 402 g/mol. The molecule has 0 N–H and O–H groups in total. The van der Waals surface area contributed by atoms with Crippen LogP contribution in [-0.2, 0) is 4.74 Å². The first-order valence-corrected chi connectivity index (χ1v) is 11.5. The Bertz CT molecular complexity index is 948. The predicted octanol–water partition coefficient (Wildman–Crippen LogP) is 4.71. The van der Waals surface area contributed by atoms with E-state index in [1.165, 1.54) is 4.90 Å². The number of hydrogen-bond donors (Lipinski definition) is 0. The molecule has 1 aliphatic rings. The van der Waals surface area contributed by atoms with Crippen LogP contribution >= 0.6 is 11.8 Å². The minimum atomic E-state index is -0.258. The third-order valence-electron chi connectivity index (χ3n) is 5.18. The molecule has 1 aliphatic heterocycles. The highest BCUT2D eigenvalue weighted by Crippen LogP contribution is 2.27. The number of ether oxygens (including phenoxy) is 1. The molecule has 0 aliphatic carbocycles. The van der Waals surface area contributed by atoms with E-state index in [-0.39, 0.29) is 18.1 Å². The molecule has 4 rings (SSSR count). The van der Waals surface area contributed by atoms with E-state index < -0.39 is 0 Å². The van der Waals surface area contributed by atoms with Gasteiger partial charge in [-0.25, -0.2) is 0 Å². The topological polar surface area (TPSA) is 90.3 Å². The smallest absolute Gasteiger partial charge is 0.266 e. The number of anilines is 1. The maximum Gasteiger partial charge on any atom is 0.266 e. The predicted molar refractivity (Wildman–Crippen MR) is 115 cm³/mol. The summed E-state index contributed by atoms with van der Waals surface area (Å²) in [5.74, 6) is 2.66. The molecule has 0 spiro atoms. The van der Waals surface area contributed by atoms with E-state index in [0.29, 0.717) is 23.6 Å². The van der Waals surface area contributed by atoms with Crippen LogP contribution in [0.15, 0.2) is 38.2 Å². The van der Waals surface area contributed by atoms with Crippen molar-refractivity contribution in [2.45, 2.75) is 56.6 Å². The largest absolute Gasteiger partial charge is 0.365 e. The molecule has 0 bridgehead atoms. The van der Waals surface area contributed by atoms with Crippen molar-refractivity contribution < 1.29 is 13.8 Å². The van der Waals surface area contributed by atoms with Crippen LogP contribution in [0.3, 0.4) is 0 Å². The fourth-order valence-electron chi connectivity index (χ4n) is 3.39. The quantitative estimate of drug-likeness (QED) is 0.495. The first kappa shape index (κ1) is 20.9. The van der Waals surface area contributed by atoms with E-state index in [9.17, 15) is 0 Å². The Labute approximate surface area is 180 Å². The van der Waals surface area contributed by atoms with Crippen LogP contribution < -0.4 is 4.90 Å². The van der Waals surface area contributed by atoms with Crippen molar-refractivity contribution in [3.63, 3.8) is 0 Å². The van der Waals surface area contributed by atoms with Gasteiger partial charge in [-0.2, -0.15) is 9.97 Å². The van der Waals surface area contributed by atoms with Gasteiger partial charge in [0, 0.05) is 29.5 Å². The second kappa shape index (κ2) is 9.18. The van der Waals surface area contributed by atoms with Gasteiger partial charge in [0.15, 0.2) is 0 Å². The molecule has 0 amide bonds. The van der Waals surface area contributed by atoms with Crippen molar-refractivity contribution >= 4 is 17.7 Å². The first-order chi connectivity index (χ1) is 14.5. The van der Waals surface area contributed by atoms with Crippen LogP contribution in [-0.4, -0.2) is 45.7 Å². The van der Waals surface area contributed by atoms with Gasteiger partial charge in [-0.15, -0.1) is 11.8 Å². The third kappa shape index (κ3) is 4.67. The highest BCUT2D eigenvalue weighted by atomic mass is 32.2. The second-order valence-electron chi connectivity index (χ2n) is 7.74. The Hall–Kier alpha value is -2.39. The Balaban J connectivity index is 1.31. The molecule has 30 heavy (non-hydrogen) atoms. The fourth-order valence-corrected chi connectivity index (χ4v) is 3.79. The molecule has 0 saturated carbocycles. The first-order valence-electron chi connectivity index (χ1n) is 10.3. The van der Waals surface area contributed by atoms with Gasteiger partial charge in [-0.05, 0) is 55.4 Å². The summed E-state index contributed by atoms with van der Waals surface area (Å²) in [6.07, 6.45) is 3.69. The van der Waals surface area contributed by atoms with Crippen LogP contribution in [0.2, 0.25) is 0 Å². The Morgan fingerprint density at radius 2 is 1.70 bits per heavy atom. The average molecular weight is 430 g/mol. The lowest BCUT2D eigenvalue weighted by Crippen LogP contribution is -2.38. The number of rotatable bonds is 7. The molecule has 0 unspecified atom stereocenters. The molecule has 0 radical (unpaired) electrons. The zero-order chi connectivity index (χ0) is 21.1. The van der Waals surface area contributed by atoms with E-state index in [1.807, 2.05) is 32.9 Å². The van der Waals surface area contributed by atoms with E-state index in [1.54, 1.807) is 11.8 Å². The van der Waals surface area contributed by atoms with Crippen molar-refractivity contribution in [2.75, 3.05) is 24.2 Å². The standard InChI is InChI=1S/C21H27N5O3S/c1-13(2)19-23-21(25-28-19)26-11-9-16(10-12-26)27-14(3)20-22-18(24-29-20)15-5-7-17(30-4)8-6-15/h5-8,13-14,16H,9-12H2,1-4H3/t14-/m1/s1. The van der Waals surface area contributed by atoms with Gasteiger partial charge in [-0.1, -0.05) is 19.0 Å². The van der Waals surface area contributed by atoms with Gasteiger partial charge in [0.05, 0.1) is 6.10 Å². The highest BCUT2D eigenvalue weighted by Gasteiger charge is 2.26. The van der Waals surface area contributed by atoms with Crippen LogP contribution in [0.4, 0.5) is 5.95 Å². The molecule has 3 aromatic rings. The maximum absolute atomic E-state index is 6.20. The number of nitrogens with zero attached hydrogens (tertiary/aromatic N) is 5. The van der Waals surface area contributed by atoms with Crippen molar-refractivity contribution in [3.8, 4) is 11.4 Å². The normalized spacial score (nSPS) is 16.4. The Morgan fingerprint density at radius 3 is 2.33 bits per heavy atom. The number of benzene rings is 1. The average Bonchev–Trinajstić information content (AvgIpc) is 3.45. The monoisotopic (exact) mass is 429 g/mol. The van der Waals surface area contributed by atoms with Crippen molar-refractivity contribution in [1.82, 2.24) is 20.3 Å². The molecule has 9 heteroatoms. The summed E-state index contributed by atoms with van der Waals surface area (Å²) in [5, 5.41) is 8.22. The van der Waals surface area contributed by atoms with E-state index in [4.69, 9.17) is 13.8 Å². The number of piperidine rings is 1. The summed E-state index contributed by atoms with van der Waals surface area (Å²) in [7, 11) is 0. The van der Waals surface area contributed by atoms with Gasteiger partial charge in [0.25, 0.3) is 11.8 Å². The summed E-state index contributed by atoms with van der Waals surface area (Å²) >= 11 is 1.70. The minimum absolute atomic E-state index is 0.129. The Morgan fingerprint density at radius 1 is 1.00 bits per heavy atom. The lowest BCUT2D eigenvalue weighted by molar-refractivity contribution is -0.0300.